The van der Waals surface area contributed by atoms with Crippen LogP contribution in [0.2, 0.25) is 0 Å². The Bertz CT molecular complexity index is 760. The monoisotopic (exact) mass is 325 g/mol. The second-order valence-corrected chi connectivity index (χ2v) is 6.30. The Morgan fingerprint density at radius 3 is 2.71 bits per heavy atom. The first-order valence-corrected chi connectivity index (χ1v) is 8.31. The van der Waals surface area contributed by atoms with Crippen molar-refractivity contribution in [3.63, 3.8) is 0 Å². The Kier molecular flexibility index (Phi) is 4.93. The van der Waals surface area contributed by atoms with Gasteiger partial charge < -0.3 is 10.6 Å². The van der Waals surface area contributed by atoms with Crippen LogP contribution in [0.1, 0.15) is 24.1 Å². The minimum absolute atomic E-state index is 0.212. The lowest BCUT2D eigenvalue weighted by Gasteiger charge is -2.32. The molecule has 1 saturated heterocycles. The summed E-state index contributed by atoms with van der Waals surface area (Å²) in [6.07, 6.45) is 3.28. The van der Waals surface area contributed by atoms with E-state index in [1.54, 1.807) is 6.92 Å². The Hall–Kier alpha value is -2.63. The van der Waals surface area contributed by atoms with Crippen LogP contribution >= 0.6 is 0 Å². The number of nitrogens with two attached hydrogens (primary N) is 1. The molecular weight excluding hydrogens is 302 g/mol. The largest absolute Gasteiger partial charge is 0.369 e. The maximum atomic E-state index is 11.5. The zero-order chi connectivity index (χ0) is 16.9. The molecule has 1 aliphatic heterocycles. The number of aromatic amines is 1. The standard InChI is InChI=1S/C18H23N5O/c1-13-11-16(24)21-18(20-13)22-17(19)23-9-7-15(8-10-23)12-14-5-3-2-4-6-14/h2-6,11,15H,7-10,12H2,1H3,(H3,19,20,21,22,24). The molecule has 0 bridgehead atoms. The fourth-order valence-electron chi connectivity index (χ4n) is 3.11. The third kappa shape index (κ3) is 4.22. The van der Waals surface area contributed by atoms with Gasteiger partial charge in [0, 0.05) is 24.8 Å². The first-order valence-electron chi connectivity index (χ1n) is 8.31. The second-order valence-electron chi connectivity index (χ2n) is 6.30. The highest BCUT2D eigenvalue weighted by atomic mass is 16.1. The topological polar surface area (TPSA) is 87.4 Å². The van der Waals surface area contributed by atoms with Crippen molar-refractivity contribution < 1.29 is 0 Å². The highest BCUT2D eigenvalue weighted by Gasteiger charge is 2.20. The SMILES string of the molecule is Cc1cc(=O)[nH]c(N=C(N)N2CCC(Cc3ccccc3)CC2)n1. The van der Waals surface area contributed by atoms with Gasteiger partial charge in [0.15, 0.2) is 5.96 Å². The number of hydrogen-bond acceptors (Lipinski definition) is 3. The number of guanidine groups is 1. The smallest absolute Gasteiger partial charge is 0.252 e. The molecule has 1 aliphatic rings. The molecule has 0 radical (unpaired) electrons. The predicted molar refractivity (Wildman–Crippen MR) is 95.3 cm³/mol. The zero-order valence-corrected chi connectivity index (χ0v) is 13.9. The number of hydrogen-bond donors (Lipinski definition) is 2. The van der Waals surface area contributed by atoms with Crippen molar-refractivity contribution in [2.45, 2.75) is 26.2 Å². The number of piperidine rings is 1. The number of likely N-dealkylation sites (tertiary alicyclic amines) is 1. The number of H-pyrrole nitrogens is 1. The molecule has 1 aromatic heterocycles. The summed E-state index contributed by atoms with van der Waals surface area (Å²) < 4.78 is 0. The lowest BCUT2D eigenvalue weighted by Crippen LogP contribution is -2.43. The molecule has 0 unspecified atom stereocenters. The lowest BCUT2D eigenvalue weighted by molar-refractivity contribution is 0.263. The molecule has 1 aromatic carbocycles. The summed E-state index contributed by atoms with van der Waals surface area (Å²) in [4.78, 5) is 24.6. The molecule has 6 nitrogen and oxygen atoms in total. The van der Waals surface area contributed by atoms with Gasteiger partial charge >= 0.3 is 0 Å². The average Bonchev–Trinajstić information content (AvgIpc) is 2.55. The van der Waals surface area contributed by atoms with Gasteiger partial charge in [0.2, 0.25) is 5.95 Å². The average molecular weight is 325 g/mol. The fraction of sp³-hybridized carbons (Fsp3) is 0.389. The summed E-state index contributed by atoms with van der Waals surface area (Å²) >= 11 is 0. The van der Waals surface area contributed by atoms with Gasteiger partial charge in [-0.3, -0.25) is 9.78 Å². The van der Waals surface area contributed by atoms with E-state index in [1.165, 1.54) is 11.6 Å². The van der Waals surface area contributed by atoms with Gasteiger partial charge in [0.25, 0.3) is 5.56 Å². The van der Waals surface area contributed by atoms with Gasteiger partial charge in [-0.15, -0.1) is 0 Å². The van der Waals surface area contributed by atoms with E-state index in [2.05, 4.69) is 44.1 Å². The van der Waals surface area contributed by atoms with Crippen molar-refractivity contribution in [2.24, 2.45) is 16.6 Å². The van der Waals surface area contributed by atoms with Crippen molar-refractivity contribution in [1.82, 2.24) is 14.9 Å². The van der Waals surface area contributed by atoms with Crippen LogP contribution in [-0.4, -0.2) is 33.9 Å². The quantitative estimate of drug-likeness (QED) is 0.667. The highest BCUT2D eigenvalue weighted by Crippen LogP contribution is 2.21. The van der Waals surface area contributed by atoms with E-state index in [-0.39, 0.29) is 11.5 Å². The molecule has 1 fully saturated rings. The lowest BCUT2D eigenvalue weighted by atomic mass is 9.90. The van der Waals surface area contributed by atoms with Crippen LogP contribution in [0.3, 0.4) is 0 Å². The Labute approximate surface area is 141 Å². The van der Waals surface area contributed by atoms with E-state index >= 15 is 0 Å². The Morgan fingerprint density at radius 1 is 1.33 bits per heavy atom. The normalized spacial score (nSPS) is 16.4. The molecule has 6 heteroatoms. The predicted octanol–water partition coefficient (Wildman–Crippen LogP) is 1.98. The van der Waals surface area contributed by atoms with Crippen molar-refractivity contribution >= 4 is 11.9 Å². The summed E-state index contributed by atoms with van der Waals surface area (Å²) in [5.41, 5.74) is 7.90. The summed E-state index contributed by atoms with van der Waals surface area (Å²) in [5.74, 6) is 1.36. The summed E-state index contributed by atoms with van der Waals surface area (Å²) in [6.45, 7) is 3.52. The number of aromatic nitrogens is 2. The highest BCUT2D eigenvalue weighted by molar-refractivity contribution is 5.80. The van der Waals surface area contributed by atoms with Gasteiger partial charge in [-0.05, 0) is 37.7 Å². The molecule has 24 heavy (non-hydrogen) atoms. The summed E-state index contributed by atoms with van der Waals surface area (Å²) in [6, 6.07) is 12.0. The van der Waals surface area contributed by atoms with E-state index in [0.29, 0.717) is 17.6 Å². The molecule has 0 saturated carbocycles. The van der Waals surface area contributed by atoms with Gasteiger partial charge in [0.1, 0.15) is 0 Å². The molecular formula is C18H23N5O. The second kappa shape index (κ2) is 7.29. The summed E-state index contributed by atoms with van der Waals surface area (Å²) in [7, 11) is 0. The van der Waals surface area contributed by atoms with Gasteiger partial charge in [0.05, 0.1) is 0 Å². The molecule has 0 atom stereocenters. The van der Waals surface area contributed by atoms with Crippen molar-refractivity contribution in [1.29, 1.82) is 0 Å². The Balaban J connectivity index is 1.59. The molecule has 126 valence electrons. The van der Waals surface area contributed by atoms with Crippen molar-refractivity contribution in [3.8, 4) is 0 Å². The number of aryl methyl sites for hydroxylation is 1. The molecule has 0 amide bonds. The van der Waals surface area contributed by atoms with E-state index in [0.717, 1.165) is 32.4 Å². The van der Waals surface area contributed by atoms with Crippen molar-refractivity contribution in [2.75, 3.05) is 13.1 Å². The molecule has 3 N–H and O–H groups in total. The van der Waals surface area contributed by atoms with Crippen LogP contribution < -0.4 is 11.3 Å². The van der Waals surface area contributed by atoms with E-state index in [9.17, 15) is 4.79 Å². The van der Waals surface area contributed by atoms with Crippen LogP contribution in [-0.2, 0) is 6.42 Å². The van der Waals surface area contributed by atoms with Crippen LogP contribution in [0.15, 0.2) is 46.2 Å². The van der Waals surface area contributed by atoms with E-state index in [1.807, 2.05) is 6.07 Å². The number of benzene rings is 1. The van der Waals surface area contributed by atoms with E-state index in [4.69, 9.17) is 5.73 Å². The first-order chi connectivity index (χ1) is 11.6. The van der Waals surface area contributed by atoms with Crippen LogP contribution in [0, 0.1) is 12.8 Å². The maximum absolute atomic E-state index is 11.5. The minimum atomic E-state index is -0.212. The maximum Gasteiger partial charge on any atom is 0.252 e. The third-order valence-corrected chi connectivity index (χ3v) is 4.38. The first kappa shape index (κ1) is 16.2. The fourth-order valence-corrected chi connectivity index (χ4v) is 3.11. The number of rotatable bonds is 3. The Morgan fingerprint density at radius 2 is 2.04 bits per heavy atom. The van der Waals surface area contributed by atoms with Gasteiger partial charge in [-0.25, -0.2) is 4.98 Å². The van der Waals surface area contributed by atoms with Crippen LogP contribution in [0.4, 0.5) is 5.95 Å². The summed E-state index contributed by atoms with van der Waals surface area (Å²) in [5, 5.41) is 0. The molecule has 2 aromatic rings. The van der Waals surface area contributed by atoms with Gasteiger partial charge in [-0.2, -0.15) is 4.99 Å². The van der Waals surface area contributed by atoms with Crippen molar-refractivity contribution in [3.05, 3.63) is 58.0 Å². The molecule has 3 rings (SSSR count). The molecule has 2 heterocycles. The number of nitrogens with one attached hydrogen (secondary N) is 1. The number of nitrogens with zero attached hydrogens (tertiary/aromatic N) is 3. The van der Waals surface area contributed by atoms with Gasteiger partial charge in [-0.1, -0.05) is 30.3 Å². The van der Waals surface area contributed by atoms with Crippen LogP contribution in [0.25, 0.3) is 0 Å². The van der Waals surface area contributed by atoms with Crippen LogP contribution in [0.5, 0.6) is 0 Å². The zero-order valence-electron chi connectivity index (χ0n) is 13.9. The molecule has 0 aliphatic carbocycles. The number of aliphatic imine (C=N–C) groups is 1. The minimum Gasteiger partial charge on any atom is -0.369 e. The van der Waals surface area contributed by atoms with E-state index < -0.39 is 0 Å². The molecule has 0 spiro atoms. The third-order valence-electron chi connectivity index (χ3n) is 4.38.